The van der Waals surface area contributed by atoms with Gasteiger partial charge in [-0.1, -0.05) is 12.1 Å². The molecule has 3 aromatic rings. The summed E-state index contributed by atoms with van der Waals surface area (Å²) >= 11 is 0. The Morgan fingerprint density at radius 1 is 1.11 bits per heavy atom. The van der Waals surface area contributed by atoms with Crippen molar-refractivity contribution in [1.29, 1.82) is 0 Å². The van der Waals surface area contributed by atoms with Crippen LogP contribution in [0.25, 0.3) is 11.1 Å². The van der Waals surface area contributed by atoms with E-state index in [1.807, 2.05) is 31.2 Å². The van der Waals surface area contributed by atoms with Gasteiger partial charge < -0.3 is 19.2 Å². The van der Waals surface area contributed by atoms with E-state index in [2.05, 4.69) is 5.32 Å². The van der Waals surface area contributed by atoms with Gasteiger partial charge in [-0.2, -0.15) is 0 Å². The molecule has 1 unspecified atom stereocenters. The average Bonchev–Trinajstić information content (AvgIpc) is 3.01. The Morgan fingerprint density at radius 3 is 2.48 bits per heavy atom. The number of carbonyl (C=O) groups is 1. The fourth-order valence-electron chi connectivity index (χ4n) is 2.76. The number of para-hydroxylation sites is 2. The van der Waals surface area contributed by atoms with Crippen molar-refractivity contribution in [2.24, 2.45) is 0 Å². The van der Waals surface area contributed by atoms with Crippen LogP contribution in [-0.4, -0.2) is 30.2 Å². The summed E-state index contributed by atoms with van der Waals surface area (Å²) in [6, 6.07) is 13.6. The van der Waals surface area contributed by atoms with Gasteiger partial charge in [0.25, 0.3) is 0 Å². The van der Waals surface area contributed by atoms with Gasteiger partial charge in [0, 0.05) is 0 Å². The fourth-order valence-corrected chi connectivity index (χ4v) is 2.76. The third-order valence-corrected chi connectivity index (χ3v) is 4.09. The van der Waals surface area contributed by atoms with Gasteiger partial charge in [0.2, 0.25) is 5.91 Å². The average molecular weight is 370 g/mol. The number of fused-ring (bicyclic) bond motifs is 1. The van der Waals surface area contributed by atoms with Crippen molar-refractivity contribution in [2.45, 2.75) is 19.9 Å². The van der Waals surface area contributed by atoms with Crippen molar-refractivity contribution in [1.82, 2.24) is 9.88 Å². The minimum absolute atomic E-state index is 0.279. The number of rotatable bonds is 8. The van der Waals surface area contributed by atoms with Gasteiger partial charge in [-0.05, 0) is 50.2 Å². The SMILES string of the molecule is CCOc1ccc(OCCNC(=O)C(C)n2c(=O)oc3ccccc32)cc1. The van der Waals surface area contributed by atoms with Gasteiger partial charge in [-0.25, -0.2) is 4.79 Å². The summed E-state index contributed by atoms with van der Waals surface area (Å²) in [5.74, 6) is 0.644. The highest BCUT2D eigenvalue weighted by atomic mass is 16.5. The van der Waals surface area contributed by atoms with E-state index < -0.39 is 11.8 Å². The maximum Gasteiger partial charge on any atom is 0.420 e. The van der Waals surface area contributed by atoms with Crippen molar-refractivity contribution in [3.05, 3.63) is 59.1 Å². The van der Waals surface area contributed by atoms with Crippen LogP contribution in [0.1, 0.15) is 19.9 Å². The highest BCUT2D eigenvalue weighted by Gasteiger charge is 2.20. The summed E-state index contributed by atoms with van der Waals surface area (Å²) in [7, 11) is 0. The van der Waals surface area contributed by atoms with E-state index in [0.717, 1.165) is 5.75 Å². The molecule has 7 nitrogen and oxygen atoms in total. The van der Waals surface area contributed by atoms with Crippen molar-refractivity contribution in [2.75, 3.05) is 19.8 Å². The Labute approximate surface area is 156 Å². The van der Waals surface area contributed by atoms with Crippen LogP contribution in [0, 0.1) is 0 Å². The second-order valence-electron chi connectivity index (χ2n) is 5.93. The summed E-state index contributed by atoms with van der Waals surface area (Å²) in [5.41, 5.74) is 1.05. The van der Waals surface area contributed by atoms with Gasteiger partial charge in [-0.15, -0.1) is 0 Å². The number of hydrogen-bond acceptors (Lipinski definition) is 5. The predicted molar refractivity (Wildman–Crippen MR) is 101 cm³/mol. The monoisotopic (exact) mass is 370 g/mol. The Balaban J connectivity index is 1.53. The molecule has 27 heavy (non-hydrogen) atoms. The van der Waals surface area contributed by atoms with Gasteiger partial charge >= 0.3 is 5.76 Å². The zero-order valence-electron chi connectivity index (χ0n) is 15.3. The molecule has 1 amide bonds. The molecule has 1 N–H and O–H groups in total. The normalized spacial score (nSPS) is 11.9. The highest BCUT2D eigenvalue weighted by Crippen LogP contribution is 2.18. The second-order valence-corrected chi connectivity index (χ2v) is 5.93. The van der Waals surface area contributed by atoms with E-state index >= 15 is 0 Å². The van der Waals surface area contributed by atoms with Crippen LogP contribution in [0.15, 0.2) is 57.7 Å². The molecule has 7 heteroatoms. The standard InChI is InChI=1S/C20H22N2O5/c1-3-25-15-8-10-16(11-9-15)26-13-12-21-19(23)14(2)22-17-6-4-5-7-18(17)27-20(22)24/h4-11,14H,3,12-13H2,1-2H3,(H,21,23). The van der Waals surface area contributed by atoms with E-state index in [1.165, 1.54) is 4.57 Å². The second kappa shape index (κ2) is 8.44. The van der Waals surface area contributed by atoms with E-state index in [-0.39, 0.29) is 5.91 Å². The van der Waals surface area contributed by atoms with Crippen LogP contribution in [0.4, 0.5) is 0 Å². The van der Waals surface area contributed by atoms with Crippen LogP contribution in [0.2, 0.25) is 0 Å². The van der Waals surface area contributed by atoms with E-state index in [4.69, 9.17) is 13.9 Å². The summed E-state index contributed by atoms with van der Waals surface area (Å²) in [6.07, 6.45) is 0. The number of carbonyl (C=O) groups excluding carboxylic acids is 1. The predicted octanol–water partition coefficient (Wildman–Crippen LogP) is 2.75. The zero-order chi connectivity index (χ0) is 19.2. The first-order valence-electron chi connectivity index (χ1n) is 8.83. The Morgan fingerprint density at radius 2 is 1.78 bits per heavy atom. The molecule has 0 radical (unpaired) electrons. The molecule has 1 heterocycles. The lowest BCUT2D eigenvalue weighted by Gasteiger charge is -2.13. The van der Waals surface area contributed by atoms with E-state index in [9.17, 15) is 9.59 Å². The molecule has 0 fully saturated rings. The number of ether oxygens (including phenoxy) is 2. The van der Waals surface area contributed by atoms with E-state index in [1.54, 1.807) is 31.2 Å². The van der Waals surface area contributed by atoms with Gasteiger partial charge in [0.1, 0.15) is 24.1 Å². The van der Waals surface area contributed by atoms with Crippen LogP contribution >= 0.6 is 0 Å². The number of amides is 1. The van der Waals surface area contributed by atoms with Crippen LogP contribution < -0.4 is 20.5 Å². The van der Waals surface area contributed by atoms with Crippen LogP contribution in [-0.2, 0) is 4.79 Å². The number of oxazole rings is 1. The summed E-state index contributed by atoms with van der Waals surface area (Å²) in [4.78, 5) is 24.4. The molecule has 0 saturated carbocycles. The van der Waals surface area contributed by atoms with Gasteiger partial charge in [0.05, 0.1) is 18.7 Å². The number of hydrogen-bond donors (Lipinski definition) is 1. The molecular formula is C20H22N2O5. The minimum Gasteiger partial charge on any atom is -0.494 e. The summed E-state index contributed by atoms with van der Waals surface area (Å²) in [5, 5.41) is 2.77. The third-order valence-electron chi connectivity index (χ3n) is 4.09. The fraction of sp³-hybridized carbons (Fsp3) is 0.300. The topological polar surface area (TPSA) is 82.7 Å². The summed E-state index contributed by atoms with van der Waals surface area (Å²) in [6.45, 7) is 4.83. The van der Waals surface area contributed by atoms with Crippen LogP contribution in [0.5, 0.6) is 11.5 Å². The first-order chi connectivity index (χ1) is 13.1. The summed E-state index contributed by atoms with van der Waals surface area (Å²) < 4.78 is 17.5. The minimum atomic E-state index is -0.688. The van der Waals surface area contributed by atoms with Gasteiger partial charge in [-0.3, -0.25) is 9.36 Å². The smallest absolute Gasteiger partial charge is 0.420 e. The molecule has 142 valence electrons. The molecule has 0 aliphatic rings. The first kappa shape index (κ1) is 18.6. The molecule has 3 rings (SSSR count). The quantitative estimate of drug-likeness (QED) is 0.617. The highest BCUT2D eigenvalue weighted by molar-refractivity contribution is 5.82. The first-order valence-corrected chi connectivity index (χ1v) is 8.83. The molecule has 1 atom stereocenters. The number of nitrogens with one attached hydrogen (secondary N) is 1. The zero-order valence-corrected chi connectivity index (χ0v) is 15.3. The van der Waals surface area contributed by atoms with Crippen molar-refractivity contribution >= 4 is 17.0 Å². The van der Waals surface area contributed by atoms with Gasteiger partial charge in [0.15, 0.2) is 5.58 Å². The molecular weight excluding hydrogens is 348 g/mol. The lowest BCUT2D eigenvalue weighted by atomic mass is 10.2. The lowest BCUT2D eigenvalue weighted by molar-refractivity contribution is -0.124. The van der Waals surface area contributed by atoms with Crippen LogP contribution in [0.3, 0.4) is 0 Å². The van der Waals surface area contributed by atoms with Crippen molar-refractivity contribution in [3.8, 4) is 11.5 Å². The lowest BCUT2D eigenvalue weighted by Crippen LogP contribution is -2.36. The number of aromatic nitrogens is 1. The molecule has 1 aromatic heterocycles. The molecule has 2 aromatic carbocycles. The third kappa shape index (κ3) is 4.31. The Hall–Kier alpha value is -3.22. The number of nitrogens with zero attached hydrogens (tertiary/aromatic N) is 1. The molecule has 0 aliphatic carbocycles. The van der Waals surface area contributed by atoms with E-state index in [0.29, 0.717) is 36.6 Å². The Kier molecular flexibility index (Phi) is 5.80. The maximum absolute atomic E-state index is 12.4. The Bertz CT molecular complexity index is 958. The molecule has 0 saturated heterocycles. The number of benzene rings is 2. The maximum atomic E-state index is 12.4. The van der Waals surface area contributed by atoms with Crippen molar-refractivity contribution in [3.63, 3.8) is 0 Å². The molecule has 0 bridgehead atoms. The largest absolute Gasteiger partial charge is 0.494 e. The van der Waals surface area contributed by atoms with Crippen molar-refractivity contribution < 1.29 is 18.7 Å². The molecule has 0 aliphatic heterocycles. The molecule has 0 spiro atoms.